The average molecular weight is 323 g/mol. The highest BCUT2D eigenvalue weighted by Crippen LogP contribution is 2.30. The molecule has 5 heteroatoms. The second kappa shape index (κ2) is 8.09. The van der Waals surface area contributed by atoms with Gasteiger partial charge in [-0.3, -0.25) is 4.99 Å². The molecule has 1 atom stereocenters. The molecule has 1 aromatic rings. The molecule has 1 aromatic heterocycles. The smallest absolute Gasteiger partial charge is 0.193 e. The van der Waals surface area contributed by atoms with Crippen molar-refractivity contribution < 1.29 is 14.2 Å². The first-order valence-corrected chi connectivity index (χ1v) is 9.09. The van der Waals surface area contributed by atoms with Gasteiger partial charge in [0.25, 0.3) is 0 Å². The summed E-state index contributed by atoms with van der Waals surface area (Å²) in [5.74, 6) is 0.941. The van der Waals surface area contributed by atoms with Crippen LogP contribution in [0.15, 0.2) is 17.1 Å². The molecule has 0 saturated carbocycles. The Balaban J connectivity index is 1.46. The van der Waals surface area contributed by atoms with Gasteiger partial charge in [-0.05, 0) is 44.2 Å². The number of methoxy groups -OCH3 is 1. The quantitative estimate of drug-likeness (QED) is 0.819. The summed E-state index contributed by atoms with van der Waals surface area (Å²) in [5.41, 5.74) is 0. The molecule has 0 aliphatic carbocycles. The summed E-state index contributed by atoms with van der Waals surface area (Å²) in [4.78, 5) is 7.36. The van der Waals surface area contributed by atoms with E-state index in [-0.39, 0.29) is 6.29 Å². The molecule has 4 nitrogen and oxygen atoms in total. The van der Waals surface area contributed by atoms with Crippen LogP contribution in [0.4, 0.5) is 0 Å². The molecule has 122 valence electrons. The monoisotopic (exact) mass is 323 g/mol. The standard InChI is InChI=1S/C17H25NO3S/c1-19-16-8-3-2-5-13(18-16)6-4-7-14-9-10-15(22-14)17-20-11-12-21-17/h9-10,13,17H,2-8,11-12H2,1H3. The van der Waals surface area contributed by atoms with Gasteiger partial charge in [0.15, 0.2) is 12.2 Å². The molecule has 1 saturated heterocycles. The molecule has 2 aliphatic heterocycles. The summed E-state index contributed by atoms with van der Waals surface area (Å²) in [5, 5.41) is 0. The van der Waals surface area contributed by atoms with Crippen LogP contribution in [0.25, 0.3) is 0 Å². The van der Waals surface area contributed by atoms with Crippen LogP contribution >= 0.6 is 11.3 Å². The minimum absolute atomic E-state index is 0.130. The summed E-state index contributed by atoms with van der Waals surface area (Å²) in [6.07, 6.45) is 7.99. The Labute approximate surface area is 136 Å². The number of thiophene rings is 1. The highest BCUT2D eigenvalue weighted by atomic mass is 32.1. The maximum Gasteiger partial charge on any atom is 0.193 e. The lowest BCUT2D eigenvalue weighted by molar-refractivity contribution is -0.0413. The Hall–Kier alpha value is -0.910. The summed E-state index contributed by atoms with van der Waals surface area (Å²) in [6, 6.07) is 4.79. The van der Waals surface area contributed by atoms with Gasteiger partial charge in [0, 0.05) is 11.3 Å². The van der Waals surface area contributed by atoms with Crippen molar-refractivity contribution in [1.82, 2.24) is 0 Å². The minimum atomic E-state index is -0.130. The SMILES string of the molecule is COC1=NC(CCCc2ccc(C3OCCO3)s2)CCCC1. The number of aryl methyl sites for hydroxylation is 1. The third kappa shape index (κ3) is 4.31. The lowest BCUT2D eigenvalue weighted by Crippen LogP contribution is -2.08. The third-order valence-corrected chi connectivity index (χ3v) is 5.40. The first-order valence-electron chi connectivity index (χ1n) is 8.27. The summed E-state index contributed by atoms with van der Waals surface area (Å²) < 4.78 is 16.4. The molecule has 3 heterocycles. The summed E-state index contributed by atoms with van der Waals surface area (Å²) >= 11 is 1.82. The fourth-order valence-electron chi connectivity index (χ4n) is 3.04. The Bertz CT molecular complexity index is 494. The van der Waals surface area contributed by atoms with E-state index in [0.29, 0.717) is 19.3 Å². The van der Waals surface area contributed by atoms with Gasteiger partial charge in [0.2, 0.25) is 0 Å². The number of rotatable bonds is 5. The van der Waals surface area contributed by atoms with Gasteiger partial charge in [-0.15, -0.1) is 11.3 Å². The predicted octanol–water partition coefficient (Wildman–Crippen LogP) is 4.10. The molecule has 0 aromatic carbocycles. The van der Waals surface area contributed by atoms with E-state index in [0.717, 1.165) is 25.2 Å². The molecule has 0 radical (unpaired) electrons. The molecule has 22 heavy (non-hydrogen) atoms. The molecule has 0 spiro atoms. The van der Waals surface area contributed by atoms with Gasteiger partial charge in [0.05, 0.1) is 31.2 Å². The van der Waals surface area contributed by atoms with Gasteiger partial charge in [-0.2, -0.15) is 0 Å². The number of hydrogen-bond acceptors (Lipinski definition) is 5. The first kappa shape index (κ1) is 16.0. The Morgan fingerprint density at radius 1 is 1.27 bits per heavy atom. The van der Waals surface area contributed by atoms with Crippen LogP contribution in [0, 0.1) is 0 Å². The van der Waals surface area contributed by atoms with Gasteiger partial charge in [-0.25, -0.2) is 0 Å². The highest BCUT2D eigenvalue weighted by Gasteiger charge is 2.20. The zero-order valence-electron chi connectivity index (χ0n) is 13.3. The number of nitrogens with zero attached hydrogens (tertiary/aromatic N) is 1. The summed E-state index contributed by atoms with van der Waals surface area (Å²) in [7, 11) is 1.74. The van der Waals surface area contributed by atoms with E-state index in [2.05, 4.69) is 12.1 Å². The third-order valence-electron chi connectivity index (χ3n) is 4.24. The highest BCUT2D eigenvalue weighted by molar-refractivity contribution is 7.12. The van der Waals surface area contributed by atoms with Gasteiger partial charge >= 0.3 is 0 Å². The van der Waals surface area contributed by atoms with Gasteiger partial charge in [0.1, 0.15) is 0 Å². The molecular weight excluding hydrogens is 298 g/mol. The van der Waals surface area contributed by atoms with E-state index >= 15 is 0 Å². The normalized spacial score (nSPS) is 23.3. The topological polar surface area (TPSA) is 40.0 Å². The number of hydrogen-bond donors (Lipinski definition) is 0. The molecule has 3 rings (SSSR count). The van der Waals surface area contributed by atoms with Crippen LogP contribution in [0.5, 0.6) is 0 Å². The lowest BCUT2D eigenvalue weighted by atomic mass is 10.0. The van der Waals surface area contributed by atoms with Crippen LogP contribution in [0.2, 0.25) is 0 Å². The molecule has 2 aliphatic rings. The van der Waals surface area contributed by atoms with Crippen LogP contribution in [0.3, 0.4) is 0 Å². The Morgan fingerprint density at radius 3 is 2.95 bits per heavy atom. The molecule has 1 unspecified atom stereocenters. The van der Waals surface area contributed by atoms with Crippen molar-refractivity contribution in [2.24, 2.45) is 4.99 Å². The van der Waals surface area contributed by atoms with Gasteiger partial charge < -0.3 is 14.2 Å². The molecule has 0 N–H and O–H groups in total. The van der Waals surface area contributed by atoms with Crippen LogP contribution < -0.4 is 0 Å². The lowest BCUT2D eigenvalue weighted by Gasteiger charge is -2.10. The second-order valence-electron chi connectivity index (χ2n) is 5.90. The average Bonchev–Trinajstić information content (AvgIpc) is 3.16. The van der Waals surface area contributed by atoms with E-state index < -0.39 is 0 Å². The maximum atomic E-state index is 5.55. The second-order valence-corrected chi connectivity index (χ2v) is 7.10. The first-order chi connectivity index (χ1) is 10.8. The minimum Gasteiger partial charge on any atom is -0.484 e. The Morgan fingerprint density at radius 2 is 2.14 bits per heavy atom. The maximum absolute atomic E-state index is 5.55. The zero-order valence-corrected chi connectivity index (χ0v) is 14.1. The molecule has 0 bridgehead atoms. The Kier molecular flexibility index (Phi) is 5.87. The summed E-state index contributed by atoms with van der Waals surface area (Å²) in [6.45, 7) is 1.42. The van der Waals surface area contributed by atoms with E-state index in [1.165, 1.54) is 35.4 Å². The van der Waals surface area contributed by atoms with Crippen LogP contribution in [-0.2, 0) is 20.6 Å². The number of ether oxygens (including phenoxy) is 3. The largest absolute Gasteiger partial charge is 0.484 e. The molecule has 1 fully saturated rings. The van der Waals surface area contributed by atoms with Gasteiger partial charge in [-0.1, -0.05) is 6.42 Å². The van der Waals surface area contributed by atoms with E-state index in [9.17, 15) is 0 Å². The molecular formula is C17H25NO3S. The fraction of sp³-hybridized carbons (Fsp3) is 0.706. The van der Waals surface area contributed by atoms with Crippen molar-refractivity contribution in [3.63, 3.8) is 0 Å². The van der Waals surface area contributed by atoms with E-state index in [4.69, 9.17) is 19.2 Å². The number of aliphatic imine (C=N–C) groups is 1. The molecule has 0 amide bonds. The predicted molar refractivity (Wildman–Crippen MR) is 88.6 cm³/mol. The van der Waals surface area contributed by atoms with Crippen molar-refractivity contribution >= 4 is 17.2 Å². The fourth-order valence-corrected chi connectivity index (χ4v) is 4.10. The van der Waals surface area contributed by atoms with Crippen molar-refractivity contribution in [1.29, 1.82) is 0 Å². The van der Waals surface area contributed by atoms with Crippen molar-refractivity contribution in [2.45, 2.75) is 57.3 Å². The zero-order chi connectivity index (χ0) is 15.2. The van der Waals surface area contributed by atoms with Crippen LogP contribution in [-0.4, -0.2) is 32.3 Å². The van der Waals surface area contributed by atoms with Crippen LogP contribution in [0.1, 0.15) is 54.6 Å². The van der Waals surface area contributed by atoms with Crippen molar-refractivity contribution in [3.05, 3.63) is 21.9 Å². The van der Waals surface area contributed by atoms with E-state index in [1.807, 2.05) is 11.3 Å². The van der Waals surface area contributed by atoms with E-state index in [1.54, 1.807) is 7.11 Å². The van der Waals surface area contributed by atoms with Crippen molar-refractivity contribution in [2.75, 3.05) is 20.3 Å². The van der Waals surface area contributed by atoms with Crippen molar-refractivity contribution in [3.8, 4) is 0 Å².